The molecule has 38 valence electrons. The number of aliphatic hydroxyl groups excluding tert-OH is 1. The summed E-state index contributed by atoms with van der Waals surface area (Å²) in [7, 11) is 4.64. The van der Waals surface area contributed by atoms with Gasteiger partial charge in [-0.3, -0.25) is 0 Å². The molecule has 0 aliphatic carbocycles. The molecule has 2 nitrogen and oxygen atoms in total. The maximum atomic E-state index is 8.29. The van der Waals surface area contributed by atoms with Crippen LogP contribution in [0.3, 0.4) is 0 Å². The van der Waals surface area contributed by atoms with Crippen LogP contribution in [-0.2, 0) is 4.65 Å². The molecule has 0 saturated heterocycles. The van der Waals surface area contributed by atoms with Crippen molar-refractivity contribution in [2.75, 3.05) is 6.61 Å². The van der Waals surface area contributed by atoms with Crippen molar-refractivity contribution in [3.8, 4) is 0 Å². The third kappa shape index (κ3) is 3.73. The van der Waals surface area contributed by atoms with Gasteiger partial charge in [0, 0.05) is 0 Å². The molecule has 0 aliphatic heterocycles. The molecule has 4 heteroatoms. The van der Waals surface area contributed by atoms with Gasteiger partial charge >= 0.3 is 43.8 Å². The van der Waals surface area contributed by atoms with Gasteiger partial charge < -0.3 is 0 Å². The van der Waals surface area contributed by atoms with Gasteiger partial charge in [0.25, 0.3) is 0 Å². The van der Waals surface area contributed by atoms with Crippen molar-refractivity contribution < 1.29 is 9.76 Å². The van der Waals surface area contributed by atoms with Gasteiger partial charge in [-0.25, -0.2) is 0 Å². The molecule has 0 amide bonds. The number of hydrogen-bond donors (Lipinski definition) is 1. The van der Waals surface area contributed by atoms with E-state index in [9.17, 15) is 0 Å². The van der Waals surface area contributed by atoms with E-state index in [4.69, 9.17) is 9.76 Å². The van der Waals surface area contributed by atoms with Crippen LogP contribution in [0.5, 0.6) is 0 Å². The molecule has 0 radical (unpaired) electrons. The molecule has 0 spiro atoms. The summed E-state index contributed by atoms with van der Waals surface area (Å²) >= 11 is 0. The summed E-state index contributed by atoms with van der Waals surface area (Å²) < 4.78 is 4.70. The monoisotopic (exact) mass is 98.1 g/mol. The molecular formula is C3H8B2O2. The SMILES string of the molecule is B=BOC(C)CO. The molecule has 0 heterocycles. The van der Waals surface area contributed by atoms with Crippen LogP contribution >= 0.6 is 0 Å². The standard InChI is InChI=1S/C3H8B2O2/c1-3(2-6)7-5-4/h3-4,6H,2H2,1H3. The Labute approximate surface area is 44.8 Å². The average molecular weight is 97.7 g/mol. The van der Waals surface area contributed by atoms with Crippen LogP contribution in [-0.4, -0.2) is 32.2 Å². The minimum absolute atomic E-state index is 0.0476. The van der Waals surface area contributed by atoms with Gasteiger partial charge in [-0.15, -0.1) is 0 Å². The van der Waals surface area contributed by atoms with Crippen LogP contribution < -0.4 is 0 Å². The van der Waals surface area contributed by atoms with Crippen molar-refractivity contribution in [1.29, 1.82) is 0 Å². The fraction of sp³-hybridized carbons (Fsp3) is 1.00. The van der Waals surface area contributed by atoms with Gasteiger partial charge in [-0.1, -0.05) is 0 Å². The van der Waals surface area contributed by atoms with E-state index in [0.29, 0.717) is 0 Å². The minimum atomic E-state index is -0.113. The normalized spacial score (nSPS) is 12.1. The summed E-state index contributed by atoms with van der Waals surface area (Å²) in [5.74, 6) is 0. The molecule has 0 aromatic heterocycles. The molecule has 0 aromatic rings. The molecule has 0 saturated carbocycles. The number of hydrogen-bond acceptors (Lipinski definition) is 2. The van der Waals surface area contributed by atoms with Crippen LogP contribution in [0.1, 0.15) is 6.92 Å². The molecule has 0 bridgehead atoms. The summed E-state index contributed by atoms with van der Waals surface area (Å²) in [6, 6.07) is 0. The van der Waals surface area contributed by atoms with Gasteiger partial charge in [0.15, 0.2) is 0 Å². The van der Waals surface area contributed by atoms with Crippen molar-refractivity contribution in [1.82, 2.24) is 0 Å². The van der Waals surface area contributed by atoms with Crippen LogP contribution in [0.15, 0.2) is 0 Å². The van der Waals surface area contributed by atoms with Gasteiger partial charge in [-0.2, -0.15) is 0 Å². The summed E-state index contributed by atoms with van der Waals surface area (Å²) in [5, 5.41) is 8.29. The fourth-order valence-corrected chi connectivity index (χ4v) is 0.207. The Bertz CT molecular complexity index is 56.9. The van der Waals surface area contributed by atoms with E-state index in [2.05, 4.69) is 7.37 Å². The van der Waals surface area contributed by atoms with E-state index in [1.54, 1.807) is 6.92 Å². The third-order valence-electron chi connectivity index (χ3n) is 0.586. The molecular weight excluding hydrogens is 89.7 g/mol. The first-order valence-corrected chi connectivity index (χ1v) is 2.18. The Kier molecular flexibility index (Phi) is 4.00. The molecule has 0 aromatic carbocycles. The molecule has 1 unspecified atom stereocenters. The zero-order valence-corrected chi connectivity index (χ0v) is 4.42. The second kappa shape index (κ2) is 4.06. The molecule has 0 aliphatic rings. The van der Waals surface area contributed by atoms with Gasteiger partial charge in [0.2, 0.25) is 0 Å². The predicted molar refractivity (Wildman–Crippen MR) is 30.5 cm³/mol. The molecule has 1 atom stereocenters. The van der Waals surface area contributed by atoms with Gasteiger partial charge in [0.1, 0.15) is 0 Å². The Morgan fingerprint density at radius 3 is 2.71 bits per heavy atom. The van der Waals surface area contributed by atoms with Crippen LogP contribution in [0.4, 0.5) is 0 Å². The predicted octanol–water partition coefficient (Wildman–Crippen LogP) is -1.18. The quantitative estimate of drug-likeness (QED) is 0.450. The van der Waals surface area contributed by atoms with Crippen LogP contribution in [0, 0.1) is 0 Å². The van der Waals surface area contributed by atoms with E-state index in [0.717, 1.165) is 0 Å². The van der Waals surface area contributed by atoms with Gasteiger partial charge in [-0.05, 0) is 0 Å². The molecule has 0 fully saturated rings. The summed E-state index contributed by atoms with van der Waals surface area (Å²) in [4.78, 5) is 0. The third-order valence-corrected chi connectivity index (χ3v) is 0.586. The van der Waals surface area contributed by atoms with E-state index < -0.39 is 0 Å². The Morgan fingerprint density at radius 1 is 2.00 bits per heavy atom. The Morgan fingerprint density at radius 2 is 2.57 bits per heavy atom. The first-order chi connectivity index (χ1) is 3.31. The van der Waals surface area contributed by atoms with Crippen molar-refractivity contribution in [2.45, 2.75) is 13.0 Å². The summed E-state index contributed by atoms with van der Waals surface area (Å²) in [6.07, 6.45) is -0.113. The molecule has 1 N–H and O–H groups in total. The average Bonchev–Trinajstić information content (AvgIpc) is 1.68. The van der Waals surface area contributed by atoms with Crippen LogP contribution in [0.2, 0.25) is 0 Å². The van der Waals surface area contributed by atoms with Crippen molar-refractivity contribution in [3.05, 3.63) is 0 Å². The van der Waals surface area contributed by atoms with E-state index >= 15 is 0 Å². The van der Waals surface area contributed by atoms with Crippen molar-refractivity contribution in [3.63, 3.8) is 0 Å². The Balaban J connectivity index is 2.98. The Hall–Kier alpha value is -0.110. The fourth-order valence-electron chi connectivity index (χ4n) is 0.207. The summed E-state index contributed by atoms with van der Waals surface area (Å²) in [5.41, 5.74) is 0. The molecule has 0 rings (SSSR count). The van der Waals surface area contributed by atoms with E-state index in [1.807, 2.05) is 0 Å². The van der Waals surface area contributed by atoms with Crippen molar-refractivity contribution >= 4 is 14.4 Å². The van der Waals surface area contributed by atoms with E-state index in [1.165, 1.54) is 7.00 Å². The second-order valence-corrected chi connectivity index (χ2v) is 1.30. The van der Waals surface area contributed by atoms with E-state index in [-0.39, 0.29) is 12.7 Å². The van der Waals surface area contributed by atoms with Crippen molar-refractivity contribution in [2.24, 2.45) is 0 Å². The number of aliphatic hydroxyl groups is 1. The topological polar surface area (TPSA) is 29.5 Å². The first kappa shape index (κ1) is 6.89. The molecule has 7 heavy (non-hydrogen) atoms. The maximum absolute atomic E-state index is 8.29. The van der Waals surface area contributed by atoms with Gasteiger partial charge in [0.05, 0.1) is 0 Å². The summed E-state index contributed by atoms with van der Waals surface area (Å²) in [6.45, 7) is 1.81. The zero-order valence-electron chi connectivity index (χ0n) is 4.42. The van der Waals surface area contributed by atoms with Crippen LogP contribution in [0.25, 0.3) is 0 Å². The zero-order chi connectivity index (χ0) is 5.70. The first-order valence-electron chi connectivity index (χ1n) is 2.18. The number of rotatable bonds is 3. The second-order valence-electron chi connectivity index (χ2n) is 1.30.